The second-order valence-electron chi connectivity index (χ2n) is 3.39. The van der Waals surface area contributed by atoms with Crippen LogP contribution in [-0.4, -0.2) is 0 Å². The lowest BCUT2D eigenvalue weighted by Crippen LogP contribution is -1.74. The maximum atomic E-state index is 2.34. The molecule has 14 heavy (non-hydrogen) atoms. The molecule has 0 aromatic rings. The Morgan fingerprint density at radius 1 is 0.500 bits per heavy atom. The van der Waals surface area contributed by atoms with E-state index in [1.807, 2.05) is 0 Å². The number of rotatable bonds is 0. The first-order valence-corrected chi connectivity index (χ1v) is 5.45. The van der Waals surface area contributed by atoms with Crippen LogP contribution in [0, 0.1) is 6.42 Å². The van der Waals surface area contributed by atoms with Gasteiger partial charge in [-0.05, 0) is 38.5 Å². The third-order valence-corrected chi connectivity index (χ3v) is 2.11. The molecule has 0 bridgehead atoms. The summed E-state index contributed by atoms with van der Waals surface area (Å²) < 4.78 is 0. The zero-order valence-corrected chi connectivity index (χ0v) is 8.73. The fourth-order valence-electron chi connectivity index (χ4n) is 1.31. The topological polar surface area (TPSA) is 0 Å². The standard InChI is InChI=1S/C14H19/c1-2-4-6-8-10-12-14-13-11-9-7-5-3-1/h1-6,11-13H,7-10,14H2/b2-1+,5-3-,6-4-,13-11-. The Morgan fingerprint density at radius 2 is 1.14 bits per heavy atom. The minimum Gasteiger partial charge on any atom is -0.0882 e. The van der Waals surface area contributed by atoms with E-state index in [0.29, 0.717) is 0 Å². The highest BCUT2D eigenvalue weighted by Gasteiger charge is 1.84. The van der Waals surface area contributed by atoms with Crippen molar-refractivity contribution in [2.75, 3.05) is 0 Å². The van der Waals surface area contributed by atoms with E-state index < -0.39 is 0 Å². The zero-order valence-electron chi connectivity index (χ0n) is 8.73. The van der Waals surface area contributed by atoms with Crippen LogP contribution in [0.3, 0.4) is 0 Å². The molecule has 0 N–H and O–H groups in total. The predicted octanol–water partition coefficient (Wildman–Crippen LogP) is 4.38. The zero-order chi connectivity index (χ0) is 9.90. The van der Waals surface area contributed by atoms with E-state index in [-0.39, 0.29) is 0 Å². The molecule has 0 heteroatoms. The molecule has 0 saturated heterocycles. The summed E-state index contributed by atoms with van der Waals surface area (Å²) in [6, 6.07) is 0. The van der Waals surface area contributed by atoms with Gasteiger partial charge in [0.25, 0.3) is 0 Å². The van der Waals surface area contributed by atoms with Gasteiger partial charge in [-0.2, -0.15) is 0 Å². The molecule has 0 heterocycles. The molecular weight excluding hydrogens is 168 g/mol. The van der Waals surface area contributed by atoms with Crippen LogP contribution in [0.2, 0.25) is 0 Å². The number of allylic oxidation sites excluding steroid dienone is 8. The van der Waals surface area contributed by atoms with Gasteiger partial charge in [-0.3, -0.25) is 0 Å². The van der Waals surface area contributed by atoms with Crippen molar-refractivity contribution in [3.8, 4) is 0 Å². The molecule has 0 amide bonds. The molecule has 1 radical (unpaired) electrons. The second kappa shape index (κ2) is 8.55. The molecule has 0 aliphatic heterocycles. The van der Waals surface area contributed by atoms with Crippen LogP contribution in [-0.2, 0) is 0 Å². The molecule has 0 spiro atoms. The lowest BCUT2D eigenvalue weighted by atomic mass is 10.1. The maximum absolute atomic E-state index is 2.34. The van der Waals surface area contributed by atoms with Crippen LogP contribution in [0.5, 0.6) is 0 Å². The fraction of sp³-hybridized carbons (Fsp3) is 0.357. The van der Waals surface area contributed by atoms with Crippen LogP contribution in [0.25, 0.3) is 0 Å². The first-order chi connectivity index (χ1) is 7.00. The van der Waals surface area contributed by atoms with Gasteiger partial charge >= 0.3 is 0 Å². The van der Waals surface area contributed by atoms with Gasteiger partial charge in [-0.25, -0.2) is 0 Å². The summed E-state index contributed by atoms with van der Waals surface area (Å²) in [4.78, 5) is 0. The SMILES string of the molecule is [CH]1C/C=C\CC\C=C/C=C/C=C\CC1. The van der Waals surface area contributed by atoms with Crippen molar-refractivity contribution in [2.24, 2.45) is 0 Å². The van der Waals surface area contributed by atoms with E-state index in [2.05, 4.69) is 55.0 Å². The van der Waals surface area contributed by atoms with Gasteiger partial charge in [-0.1, -0.05) is 48.6 Å². The van der Waals surface area contributed by atoms with Gasteiger partial charge < -0.3 is 0 Å². The Bertz CT molecular complexity index is 228. The molecule has 0 fully saturated rings. The third-order valence-electron chi connectivity index (χ3n) is 2.11. The minimum absolute atomic E-state index is 1.12. The molecule has 75 valence electrons. The Kier molecular flexibility index (Phi) is 6.74. The van der Waals surface area contributed by atoms with E-state index in [1.54, 1.807) is 0 Å². The summed E-state index contributed by atoms with van der Waals surface area (Å²) >= 11 is 0. The van der Waals surface area contributed by atoms with Crippen LogP contribution >= 0.6 is 0 Å². The predicted molar refractivity (Wildman–Crippen MR) is 63.9 cm³/mol. The smallest absolute Gasteiger partial charge is 0.0313 e. The van der Waals surface area contributed by atoms with E-state index in [9.17, 15) is 0 Å². The Hall–Kier alpha value is -1.04. The Labute approximate surface area is 87.7 Å². The van der Waals surface area contributed by atoms with Crippen LogP contribution < -0.4 is 0 Å². The first kappa shape index (κ1) is 11.0. The van der Waals surface area contributed by atoms with Crippen LogP contribution in [0.1, 0.15) is 32.1 Å². The van der Waals surface area contributed by atoms with Gasteiger partial charge in [0.15, 0.2) is 0 Å². The quantitative estimate of drug-likeness (QED) is 0.494. The van der Waals surface area contributed by atoms with E-state index in [0.717, 1.165) is 25.7 Å². The number of hydrogen-bond donors (Lipinski definition) is 0. The molecule has 0 saturated carbocycles. The molecule has 1 aliphatic carbocycles. The highest BCUT2D eigenvalue weighted by molar-refractivity contribution is 5.11. The summed E-state index contributed by atoms with van der Waals surface area (Å²) in [7, 11) is 0. The average molecular weight is 187 g/mol. The number of hydrogen-bond acceptors (Lipinski definition) is 0. The molecule has 1 rings (SSSR count). The van der Waals surface area contributed by atoms with Crippen molar-refractivity contribution >= 4 is 0 Å². The van der Waals surface area contributed by atoms with Crippen LogP contribution in [0.4, 0.5) is 0 Å². The van der Waals surface area contributed by atoms with Crippen LogP contribution in [0.15, 0.2) is 48.6 Å². The maximum Gasteiger partial charge on any atom is -0.0313 e. The van der Waals surface area contributed by atoms with Crippen molar-refractivity contribution < 1.29 is 0 Å². The van der Waals surface area contributed by atoms with Gasteiger partial charge in [0, 0.05) is 0 Å². The van der Waals surface area contributed by atoms with Gasteiger partial charge in [-0.15, -0.1) is 0 Å². The summed E-state index contributed by atoms with van der Waals surface area (Å²) in [5.74, 6) is 0. The van der Waals surface area contributed by atoms with E-state index in [1.165, 1.54) is 6.42 Å². The average Bonchev–Trinajstić information content (AvgIpc) is 2.22. The lowest BCUT2D eigenvalue weighted by Gasteiger charge is -1.93. The van der Waals surface area contributed by atoms with Gasteiger partial charge in [0.2, 0.25) is 0 Å². The highest BCUT2D eigenvalue weighted by Crippen LogP contribution is 2.02. The van der Waals surface area contributed by atoms with Gasteiger partial charge in [0.05, 0.1) is 0 Å². The summed E-state index contributed by atoms with van der Waals surface area (Å²) in [5, 5.41) is 0. The van der Waals surface area contributed by atoms with E-state index >= 15 is 0 Å². The van der Waals surface area contributed by atoms with Crippen molar-refractivity contribution in [1.29, 1.82) is 0 Å². The van der Waals surface area contributed by atoms with Gasteiger partial charge in [0.1, 0.15) is 0 Å². The molecule has 0 unspecified atom stereocenters. The summed E-state index contributed by atoms with van der Waals surface area (Å²) in [6.07, 6.45) is 25.5. The molecule has 0 nitrogen and oxygen atoms in total. The van der Waals surface area contributed by atoms with E-state index in [4.69, 9.17) is 0 Å². The monoisotopic (exact) mass is 187 g/mol. The van der Waals surface area contributed by atoms with Crippen molar-refractivity contribution in [2.45, 2.75) is 32.1 Å². The van der Waals surface area contributed by atoms with Crippen molar-refractivity contribution in [3.05, 3.63) is 55.0 Å². The molecule has 0 atom stereocenters. The molecule has 1 aliphatic rings. The fourth-order valence-corrected chi connectivity index (χ4v) is 1.31. The Balaban J connectivity index is 2.35. The summed E-state index contributed by atoms with van der Waals surface area (Å²) in [5.41, 5.74) is 0. The van der Waals surface area contributed by atoms with Crippen molar-refractivity contribution in [1.82, 2.24) is 0 Å². The normalized spacial score (nSPS) is 28.6. The van der Waals surface area contributed by atoms with Crippen molar-refractivity contribution in [3.63, 3.8) is 0 Å². The Morgan fingerprint density at radius 3 is 1.93 bits per heavy atom. The summed E-state index contributed by atoms with van der Waals surface area (Å²) in [6.45, 7) is 0. The first-order valence-electron chi connectivity index (χ1n) is 5.45. The second-order valence-corrected chi connectivity index (χ2v) is 3.39. The highest BCUT2D eigenvalue weighted by atomic mass is 13.9. The largest absolute Gasteiger partial charge is 0.0882 e. The third kappa shape index (κ3) is 6.47. The molecule has 0 aromatic heterocycles. The molecular formula is C14H19. The lowest BCUT2D eigenvalue weighted by molar-refractivity contribution is 0.928. The minimum atomic E-state index is 1.12. The molecule has 0 aromatic carbocycles.